The minimum absolute atomic E-state index is 1.11. The first-order chi connectivity index (χ1) is 22.8. The van der Waals surface area contributed by atoms with Crippen molar-refractivity contribution in [3.05, 3.63) is 182 Å². The van der Waals surface area contributed by atoms with Crippen molar-refractivity contribution in [2.45, 2.75) is 0 Å². The normalized spacial score (nSPS) is 11.5. The van der Waals surface area contributed by atoms with Crippen LogP contribution in [-0.4, -0.2) is 4.57 Å². The number of aromatic nitrogens is 1. The quantitative estimate of drug-likeness (QED) is 0.195. The predicted molar refractivity (Wildman–Crippen MR) is 196 cm³/mol. The zero-order valence-corrected chi connectivity index (χ0v) is 25.2. The molecule has 0 aliphatic carbocycles. The van der Waals surface area contributed by atoms with Crippen molar-refractivity contribution >= 4 is 60.4 Å². The maximum absolute atomic E-state index is 2.42. The molecule has 2 nitrogen and oxygen atoms in total. The van der Waals surface area contributed by atoms with Crippen LogP contribution in [0.5, 0.6) is 0 Å². The van der Waals surface area contributed by atoms with Crippen LogP contribution >= 0.6 is 0 Å². The molecular weight excluding hydrogens is 556 g/mol. The van der Waals surface area contributed by atoms with Crippen molar-refractivity contribution in [2.24, 2.45) is 0 Å². The lowest BCUT2D eigenvalue weighted by Crippen LogP contribution is -2.10. The minimum Gasteiger partial charge on any atom is -0.310 e. The first-order valence-electron chi connectivity index (χ1n) is 15.8. The highest BCUT2D eigenvalue weighted by Gasteiger charge is 2.18. The van der Waals surface area contributed by atoms with Crippen LogP contribution in [0.2, 0.25) is 0 Å². The van der Waals surface area contributed by atoms with Gasteiger partial charge in [-0.25, -0.2) is 0 Å². The van der Waals surface area contributed by atoms with Gasteiger partial charge in [-0.1, -0.05) is 121 Å². The van der Waals surface area contributed by atoms with Gasteiger partial charge in [0.15, 0.2) is 0 Å². The second kappa shape index (κ2) is 10.8. The molecule has 0 radical (unpaired) electrons. The van der Waals surface area contributed by atoms with E-state index in [4.69, 9.17) is 0 Å². The van der Waals surface area contributed by atoms with Gasteiger partial charge in [-0.05, 0) is 93.3 Å². The summed E-state index contributed by atoms with van der Waals surface area (Å²) in [5.41, 5.74) is 9.31. The first-order valence-corrected chi connectivity index (χ1v) is 15.8. The maximum atomic E-state index is 2.42. The number of anilines is 3. The molecule has 216 valence electrons. The molecule has 9 aromatic rings. The Balaban J connectivity index is 1.28. The van der Waals surface area contributed by atoms with Crippen molar-refractivity contribution in [2.75, 3.05) is 4.90 Å². The molecule has 0 fully saturated rings. The summed E-state index contributed by atoms with van der Waals surface area (Å²) in [4.78, 5) is 2.36. The summed E-state index contributed by atoms with van der Waals surface area (Å²) in [6, 6.07) is 65.8. The van der Waals surface area contributed by atoms with Crippen LogP contribution in [0, 0.1) is 0 Å². The second-order valence-electron chi connectivity index (χ2n) is 11.9. The third-order valence-electron chi connectivity index (χ3n) is 9.11. The largest absolute Gasteiger partial charge is 0.310 e. The Kier molecular flexibility index (Phi) is 6.17. The standard InChI is InChI=1S/C44H30N2/c1-3-15-37(16-4-1)45(39-23-21-32-12-8-10-14-34(32)28-39)40-24-26-42-41-25-22-36(35-20-19-31-11-7-9-13-33(31)27-35)29-43(41)46(44(42)30-40)38-17-5-2-6-18-38/h1-30H. The van der Waals surface area contributed by atoms with Crippen LogP contribution in [0.25, 0.3) is 60.2 Å². The second-order valence-corrected chi connectivity index (χ2v) is 11.9. The average molecular weight is 587 g/mol. The van der Waals surface area contributed by atoms with E-state index in [1.54, 1.807) is 0 Å². The van der Waals surface area contributed by atoms with Gasteiger partial charge in [0, 0.05) is 33.5 Å². The minimum atomic E-state index is 1.11. The van der Waals surface area contributed by atoms with Gasteiger partial charge >= 0.3 is 0 Å². The lowest BCUT2D eigenvalue weighted by atomic mass is 10.00. The van der Waals surface area contributed by atoms with Crippen LogP contribution in [-0.2, 0) is 0 Å². The average Bonchev–Trinajstić information content (AvgIpc) is 3.45. The molecule has 0 N–H and O–H groups in total. The SMILES string of the molecule is c1ccc(N(c2ccc3ccccc3c2)c2ccc3c4ccc(-c5ccc6ccccc6c5)cc4n(-c4ccccc4)c3c2)cc1. The van der Waals surface area contributed by atoms with Gasteiger partial charge in [0.1, 0.15) is 0 Å². The first kappa shape index (κ1) is 26.3. The highest BCUT2D eigenvalue weighted by atomic mass is 15.1. The van der Waals surface area contributed by atoms with Crippen molar-refractivity contribution < 1.29 is 0 Å². The molecule has 0 atom stereocenters. The molecule has 0 unspecified atom stereocenters. The number of hydrogen-bond donors (Lipinski definition) is 0. The molecule has 1 aromatic heterocycles. The third-order valence-corrected chi connectivity index (χ3v) is 9.11. The van der Waals surface area contributed by atoms with E-state index >= 15 is 0 Å². The van der Waals surface area contributed by atoms with E-state index in [-0.39, 0.29) is 0 Å². The number of para-hydroxylation sites is 2. The van der Waals surface area contributed by atoms with E-state index in [0.717, 1.165) is 22.7 Å². The molecular formula is C44H30N2. The van der Waals surface area contributed by atoms with Crippen LogP contribution in [0.1, 0.15) is 0 Å². The van der Waals surface area contributed by atoms with Gasteiger partial charge < -0.3 is 9.47 Å². The summed E-state index contributed by atoms with van der Waals surface area (Å²) >= 11 is 0. The smallest absolute Gasteiger partial charge is 0.0561 e. The number of benzene rings is 8. The van der Waals surface area contributed by atoms with Crippen LogP contribution in [0.4, 0.5) is 17.1 Å². The zero-order chi connectivity index (χ0) is 30.5. The number of fused-ring (bicyclic) bond motifs is 5. The van der Waals surface area contributed by atoms with Crippen molar-refractivity contribution in [3.8, 4) is 16.8 Å². The van der Waals surface area contributed by atoms with Gasteiger partial charge in [-0.15, -0.1) is 0 Å². The molecule has 0 saturated carbocycles. The molecule has 0 aliphatic rings. The van der Waals surface area contributed by atoms with Crippen molar-refractivity contribution in [3.63, 3.8) is 0 Å². The Hall–Kier alpha value is -6.12. The Morgan fingerprint density at radius 1 is 0.326 bits per heavy atom. The van der Waals surface area contributed by atoms with Gasteiger partial charge in [-0.2, -0.15) is 0 Å². The molecule has 0 saturated heterocycles. The van der Waals surface area contributed by atoms with Crippen LogP contribution < -0.4 is 4.90 Å². The summed E-state index contributed by atoms with van der Waals surface area (Å²) in [5, 5.41) is 7.45. The summed E-state index contributed by atoms with van der Waals surface area (Å²) in [5.74, 6) is 0. The maximum Gasteiger partial charge on any atom is 0.0561 e. The predicted octanol–water partition coefficient (Wildman–Crippen LogP) is 12.2. The molecule has 0 bridgehead atoms. The molecule has 46 heavy (non-hydrogen) atoms. The van der Waals surface area contributed by atoms with Crippen molar-refractivity contribution in [1.29, 1.82) is 0 Å². The summed E-state index contributed by atoms with van der Waals surface area (Å²) in [7, 11) is 0. The fourth-order valence-corrected chi connectivity index (χ4v) is 6.89. The van der Waals surface area contributed by atoms with Gasteiger partial charge in [0.2, 0.25) is 0 Å². The Bertz CT molecular complexity index is 2530. The molecule has 0 aliphatic heterocycles. The van der Waals surface area contributed by atoms with Crippen LogP contribution in [0.3, 0.4) is 0 Å². The topological polar surface area (TPSA) is 8.17 Å². The van der Waals surface area contributed by atoms with E-state index in [9.17, 15) is 0 Å². The van der Waals surface area contributed by atoms with Crippen LogP contribution in [0.15, 0.2) is 182 Å². The molecule has 0 spiro atoms. The molecule has 2 heteroatoms. The van der Waals surface area contributed by atoms with Gasteiger partial charge in [-0.3, -0.25) is 0 Å². The third kappa shape index (κ3) is 4.43. The zero-order valence-electron chi connectivity index (χ0n) is 25.2. The fourth-order valence-electron chi connectivity index (χ4n) is 6.89. The van der Waals surface area contributed by atoms with Crippen molar-refractivity contribution in [1.82, 2.24) is 4.57 Å². The molecule has 9 rings (SSSR count). The monoisotopic (exact) mass is 586 g/mol. The van der Waals surface area contributed by atoms with E-state index in [1.165, 1.54) is 54.5 Å². The summed E-state index contributed by atoms with van der Waals surface area (Å²) in [6.07, 6.45) is 0. The van der Waals surface area contributed by atoms with E-state index in [0.29, 0.717) is 0 Å². The highest BCUT2D eigenvalue weighted by Crippen LogP contribution is 2.41. The Morgan fingerprint density at radius 3 is 1.57 bits per heavy atom. The number of hydrogen-bond acceptors (Lipinski definition) is 1. The summed E-state index contributed by atoms with van der Waals surface area (Å²) in [6.45, 7) is 0. The van der Waals surface area contributed by atoms with E-state index in [1.807, 2.05) is 0 Å². The highest BCUT2D eigenvalue weighted by molar-refractivity contribution is 6.11. The Morgan fingerprint density at radius 2 is 0.826 bits per heavy atom. The lowest BCUT2D eigenvalue weighted by Gasteiger charge is -2.26. The molecule has 1 heterocycles. The number of nitrogens with zero attached hydrogens (tertiary/aromatic N) is 2. The Labute approximate surface area is 268 Å². The lowest BCUT2D eigenvalue weighted by molar-refractivity contribution is 1.18. The van der Waals surface area contributed by atoms with Gasteiger partial charge in [0.25, 0.3) is 0 Å². The van der Waals surface area contributed by atoms with Gasteiger partial charge in [0.05, 0.1) is 11.0 Å². The van der Waals surface area contributed by atoms with E-state index in [2.05, 4.69) is 191 Å². The summed E-state index contributed by atoms with van der Waals surface area (Å²) < 4.78 is 2.42. The molecule has 0 amide bonds. The molecule has 8 aromatic carbocycles. The fraction of sp³-hybridized carbons (Fsp3) is 0. The van der Waals surface area contributed by atoms with E-state index < -0.39 is 0 Å². The number of rotatable bonds is 5.